The van der Waals surface area contributed by atoms with Gasteiger partial charge in [0.25, 0.3) is 5.56 Å². The summed E-state index contributed by atoms with van der Waals surface area (Å²) in [5.41, 5.74) is -3.72. The number of ether oxygens (including phenoxy) is 4. The van der Waals surface area contributed by atoms with E-state index in [2.05, 4.69) is 4.98 Å². The van der Waals surface area contributed by atoms with Gasteiger partial charge in [-0.05, 0) is 12.8 Å². The number of hydrogen-bond donors (Lipinski definition) is 1. The van der Waals surface area contributed by atoms with Crippen LogP contribution in [0.5, 0.6) is 0 Å². The van der Waals surface area contributed by atoms with Gasteiger partial charge in [0.1, 0.15) is 0 Å². The van der Waals surface area contributed by atoms with E-state index in [1.165, 1.54) is 13.3 Å². The average Bonchev–Trinajstić information content (AvgIpc) is 2.81. The predicted molar refractivity (Wildman–Crippen MR) is 125 cm³/mol. The lowest BCUT2D eigenvalue weighted by molar-refractivity contribution is -0.294. The van der Waals surface area contributed by atoms with Crippen molar-refractivity contribution in [2.24, 2.45) is 0 Å². The Kier molecular flexibility index (Phi) is 11.6. The molecule has 0 radical (unpaired) electrons. The second kappa shape index (κ2) is 14.1. The van der Waals surface area contributed by atoms with Crippen LogP contribution in [0.3, 0.4) is 0 Å². The SMILES string of the molecule is CCCCCC(=O)O[C@@H]1[C@H](OC(=O)CCCCC)CO[C@H](OC)[C@@]1(F)CCn1ccc(=O)[nH]c1=O. The van der Waals surface area contributed by atoms with Crippen molar-refractivity contribution in [2.75, 3.05) is 13.7 Å². The first kappa shape index (κ1) is 28.7. The van der Waals surface area contributed by atoms with Crippen molar-refractivity contribution in [1.29, 1.82) is 0 Å². The molecule has 10 nitrogen and oxygen atoms in total. The maximum Gasteiger partial charge on any atom is 0.328 e. The van der Waals surface area contributed by atoms with Crippen LogP contribution < -0.4 is 11.2 Å². The lowest BCUT2D eigenvalue weighted by Crippen LogP contribution is -2.63. The third-order valence-corrected chi connectivity index (χ3v) is 5.97. The number of carbonyl (C=O) groups is 2. The number of methoxy groups -OCH3 is 1. The van der Waals surface area contributed by atoms with Crippen molar-refractivity contribution < 1.29 is 32.9 Å². The van der Waals surface area contributed by atoms with E-state index in [-0.39, 0.29) is 32.4 Å². The largest absolute Gasteiger partial charge is 0.456 e. The standard InChI is InChI=1S/C24H37FN2O8/c1-4-6-8-10-19(29)34-17-16-33-22(32-3)24(25,21(17)35-20(30)11-9-7-5-2)13-15-27-14-12-18(28)26-23(27)31/h12,14,17,21-22H,4-11,13,15-16H2,1-3H3,(H,26,28,31)/t17-,21-,22+,24-/m1/s1. The summed E-state index contributed by atoms with van der Waals surface area (Å²) in [6, 6.07) is 1.14. The van der Waals surface area contributed by atoms with Crippen molar-refractivity contribution in [1.82, 2.24) is 9.55 Å². The summed E-state index contributed by atoms with van der Waals surface area (Å²) in [6.07, 6.45) is 1.71. The zero-order chi connectivity index (χ0) is 25.8. The van der Waals surface area contributed by atoms with E-state index < -0.39 is 47.4 Å². The zero-order valence-electron chi connectivity index (χ0n) is 20.8. The minimum Gasteiger partial charge on any atom is -0.456 e. The Bertz CT molecular complexity index is 933. The topological polar surface area (TPSA) is 126 Å². The number of H-pyrrole nitrogens is 1. The lowest BCUT2D eigenvalue weighted by Gasteiger charge is -2.45. The van der Waals surface area contributed by atoms with Gasteiger partial charge in [-0.2, -0.15) is 0 Å². The fourth-order valence-electron chi connectivity index (χ4n) is 4.02. The van der Waals surface area contributed by atoms with Crippen molar-refractivity contribution in [3.63, 3.8) is 0 Å². The molecule has 4 atom stereocenters. The van der Waals surface area contributed by atoms with Crippen molar-refractivity contribution in [3.05, 3.63) is 33.1 Å². The number of alkyl halides is 1. The molecule has 0 aliphatic carbocycles. The number of nitrogens with zero attached hydrogens (tertiary/aromatic N) is 1. The number of carbonyl (C=O) groups excluding carboxylic acids is 2. The summed E-state index contributed by atoms with van der Waals surface area (Å²) in [5, 5.41) is 0. The summed E-state index contributed by atoms with van der Waals surface area (Å²) in [5.74, 6) is -1.15. The van der Waals surface area contributed by atoms with E-state index in [1.807, 2.05) is 13.8 Å². The van der Waals surface area contributed by atoms with Gasteiger partial charge in [-0.1, -0.05) is 39.5 Å². The van der Waals surface area contributed by atoms with Gasteiger partial charge in [0.15, 0.2) is 18.5 Å². The molecule has 2 rings (SSSR count). The first-order valence-corrected chi connectivity index (χ1v) is 12.3. The van der Waals surface area contributed by atoms with Gasteiger partial charge in [0.2, 0.25) is 5.67 Å². The first-order chi connectivity index (χ1) is 16.7. The van der Waals surface area contributed by atoms with Gasteiger partial charge >= 0.3 is 17.6 Å². The Morgan fingerprint density at radius 2 is 1.74 bits per heavy atom. The molecule has 1 aliphatic heterocycles. The molecule has 35 heavy (non-hydrogen) atoms. The summed E-state index contributed by atoms with van der Waals surface area (Å²) in [7, 11) is 1.25. The Morgan fingerprint density at radius 1 is 1.11 bits per heavy atom. The van der Waals surface area contributed by atoms with Gasteiger partial charge in [0.05, 0.1) is 6.61 Å². The van der Waals surface area contributed by atoms with E-state index in [4.69, 9.17) is 18.9 Å². The Morgan fingerprint density at radius 3 is 2.31 bits per heavy atom. The molecule has 1 fully saturated rings. The van der Waals surface area contributed by atoms with Crippen molar-refractivity contribution >= 4 is 11.9 Å². The minimum absolute atomic E-state index is 0.0927. The molecular formula is C24H37FN2O8. The van der Waals surface area contributed by atoms with Gasteiger partial charge < -0.3 is 23.5 Å². The number of aryl methyl sites for hydroxylation is 1. The van der Waals surface area contributed by atoms with Crippen molar-refractivity contribution in [3.8, 4) is 0 Å². The van der Waals surface area contributed by atoms with E-state index in [0.29, 0.717) is 12.8 Å². The Balaban J connectivity index is 2.27. The van der Waals surface area contributed by atoms with Gasteiger partial charge in [-0.3, -0.25) is 19.4 Å². The quantitative estimate of drug-likeness (QED) is 0.305. The van der Waals surface area contributed by atoms with Crippen LogP contribution in [0.1, 0.15) is 71.6 Å². The summed E-state index contributed by atoms with van der Waals surface area (Å²) in [4.78, 5) is 50.5. The molecule has 2 heterocycles. The molecular weight excluding hydrogens is 463 g/mol. The third kappa shape index (κ3) is 8.28. The molecule has 11 heteroatoms. The normalized spacial score (nSPS) is 24.2. The van der Waals surface area contributed by atoms with Crippen LogP contribution in [0.15, 0.2) is 21.9 Å². The molecule has 0 aromatic carbocycles. The molecule has 1 aromatic rings. The van der Waals surface area contributed by atoms with Gasteiger partial charge in [0, 0.05) is 45.2 Å². The van der Waals surface area contributed by atoms with Crippen LogP contribution >= 0.6 is 0 Å². The molecule has 198 valence electrons. The molecule has 1 aromatic heterocycles. The molecule has 0 unspecified atom stereocenters. The Labute approximate surface area is 204 Å². The molecule has 1 N–H and O–H groups in total. The number of aromatic nitrogens is 2. The summed E-state index contributed by atoms with van der Waals surface area (Å²) in [6.45, 7) is 3.61. The molecule has 1 aliphatic rings. The van der Waals surface area contributed by atoms with Crippen LogP contribution in [0, 0.1) is 0 Å². The second-order valence-corrected chi connectivity index (χ2v) is 8.73. The fraction of sp³-hybridized carbons (Fsp3) is 0.750. The fourth-order valence-corrected chi connectivity index (χ4v) is 4.02. The first-order valence-electron chi connectivity index (χ1n) is 12.3. The third-order valence-electron chi connectivity index (χ3n) is 5.97. The maximum absolute atomic E-state index is 16.6. The highest BCUT2D eigenvalue weighted by atomic mass is 19.1. The number of esters is 2. The highest BCUT2D eigenvalue weighted by Gasteiger charge is 2.57. The molecule has 0 spiro atoms. The van der Waals surface area contributed by atoms with Crippen molar-refractivity contribution in [2.45, 2.75) is 102 Å². The predicted octanol–water partition coefficient (Wildman–Crippen LogP) is 2.62. The number of halogens is 1. The number of aromatic amines is 1. The van der Waals surface area contributed by atoms with E-state index in [0.717, 1.165) is 36.3 Å². The smallest absolute Gasteiger partial charge is 0.328 e. The van der Waals surface area contributed by atoms with E-state index in [9.17, 15) is 19.2 Å². The lowest BCUT2D eigenvalue weighted by atomic mass is 9.87. The highest BCUT2D eigenvalue weighted by Crippen LogP contribution is 2.38. The van der Waals surface area contributed by atoms with Crippen LogP contribution in [-0.2, 0) is 35.1 Å². The monoisotopic (exact) mass is 500 g/mol. The van der Waals surface area contributed by atoms with Gasteiger partial charge in [-0.25, -0.2) is 9.18 Å². The number of unbranched alkanes of at least 4 members (excludes halogenated alkanes) is 4. The van der Waals surface area contributed by atoms with Crippen LogP contribution in [0.2, 0.25) is 0 Å². The number of rotatable bonds is 14. The number of hydrogen-bond acceptors (Lipinski definition) is 8. The van der Waals surface area contributed by atoms with Crippen LogP contribution in [-0.4, -0.2) is 59.4 Å². The van der Waals surface area contributed by atoms with Gasteiger partial charge in [-0.15, -0.1) is 0 Å². The molecule has 0 amide bonds. The maximum atomic E-state index is 16.6. The van der Waals surface area contributed by atoms with E-state index >= 15 is 4.39 Å². The molecule has 1 saturated heterocycles. The zero-order valence-corrected chi connectivity index (χ0v) is 20.8. The van der Waals surface area contributed by atoms with Crippen LogP contribution in [0.25, 0.3) is 0 Å². The molecule has 0 bridgehead atoms. The average molecular weight is 501 g/mol. The minimum atomic E-state index is -2.43. The number of nitrogens with one attached hydrogen (secondary N) is 1. The van der Waals surface area contributed by atoms with Crippen LogP contribution in [0.4, 0.5) is 4.39 Å². The highest BCUT2D eigenvalue weighted by molar-refractivity contribution is 5.70. The van der Waals surface area contributed by atoms with E-state index in [1.54, 1.807) is 0 Å². The molecule has 0 saturated carbocycles. The Hall–Kier alpha value is -2.53. The second-order valence-electron chi connectivity index (χ2n) is 8.73. The summed E-state index contributed by atoms with van der Waals surface area (Å²) >= 11 is 0. The summed E-state index contributed by atoms with van der Waals surface area (Å²) < 4.78 is 39.6.